The number of rotatable bonds is 3. The summed E-state index contributed by atoms with van der Waals surface area (Å²) in [6.07, 6.45) is 4.93. The van der Waals surface area contributed by atoms with Crippen LogP contribution >= 0.6 is 0 Å². The summed E-state index contributed by atoms with van der Waals surface area (Å²) in [5.41, 5.74) is 3.07. The summed E-state index contributed by atoms with van der Waals surface area (Å²) < 4.78 is 1.55. The summed E-state index contributed by atoms with van der Waals surface area (Å²) in [7, 11) is 1.75. The number of hydrogen-bond acceptors (Lipinski definition) is 6. The monoisotopic (exact) mass is 340 g/mol. The third-order valence-corrected chi connectivity index (χ3v) is 5.63. The quantitative estimate of drug-likeness (QED) is 0.822. The second-order valence-electron chi connectivity index (χ2n) is 7.36. The van der Waals surface area contributed by atoms with E-state index in [0.29, 0.717) is 18.4 Å². The van der Waals surface area contributed by atoms with Gasteiger partial charge in [0.1, 0.15) is 12.1 Å². The first kappa shape index (κ1) is 16.2. The average molecular weight is 340 g/mol. The van der Waals surface area contributed by atoms with Crippen LogP contribution in [0.25, 0.3) is 0 Å². The Morgan fingerprint density at radius 1 is 1.12 bits per heavy atom. The molecule has 2 aliphatic heterocycles. The maximum absolute atomic E-state index is 12.2. The molecule has 2 saturated heterocycles. The van der Waals surface area contributed by atoms with Crippen molar-refractivity contribution < 1.29 is 0 Å². The molecule has 0 N–H and O–H groups in total. The van der Waals surface area contributed by atoms with Crippen molar-refractivity contribution in [3.8, 4) is 0 Å². The first-order chi connectivity index (χ1) is 12.0. The lowest BCUT2D eigenvalue weighted by atomic mass is 10.0. The summed E-state index contributed by atoms with van der Waals surface area (Å²) in [6, 6.07) is 0. The zero-order valence-electron chi connectivity index (χ0n) is 15.0. The number of aryl methyl sites for hydroxylation is 2. The number of hydrogen-bond donors (Lipinski definition) is 0. The van der Waals surface area contributed by atoms with Crippen molar-refractivity contribution in [2.45, 2.75) is 20.4 Å². The maximum Gasteiger partial charge on any atom is 0.257 e. The second-order valence-corrected chi connectivity index (χ2v) is 7.36. The molecule has 0 spiro atoms. The lowest BCUT2D eigenvalue weighted by Gasteiger charge is -2.23. The first-order valence-corrected chi connectivity index (χ1v) is 8.78. The van der Waals surface area contributed by atoms with Gasteiger partial charge in [-0.1, -0.05) is 0 Å². The largest absolute Gasteiger partial charge is 0.356 e. The van der Waals surface area contributed by atoms with Gasteiger partial charge in [-0.2, -0.15) is 0 Å². The third-order valence-electron chi connectivity index (χ3n) is 5.63. The van der Waals surface area contributed by atoms with Gasteiger partial charge in [-0.3, -0.25) is 9.69 Å². The minimum atomic E-state index is 0.0563. The van der Waals surface area contributed by atoms with Crippen LogP contribution in [0.1, 0.15) is 16.8 Å². The normalized spacial score (nSPS) is 23.2. The Morgan fingerprint density at radius 2 is 1.84 bits per heavy atom. The van der Waals surface area contributed by atoms with Crippen molar-refractivity contribution in [2.24, 2.45) is 18.9 Å². The van der Waals surface area contributed by atoms with E-state index in [0.717, 1.165) is 43.3 Å². The standard InChI is InChI=1S/C18H24N6O/c1-12-13(2)20-10-21-17(12)24-8-15-6-23(7-16(15)9-24)5-14-4-19-11-22(3)18(14)25/h4,10-11,15-16H,5-9H2,1-3H3. The molecule has 0 bridgehead atoms. The Bertz CT molecular complexity index is 834. The van der Waals surface area contributed by atoms with Crippen LogP contribution in [0.15, 0.2) is 23.6 Å². The molecule has 2 aliphatic rings. The van der Waals surface area contributed by atoms with Crippen LogP contribution in [0, 0.1) is 25.7 Å². The SMILES string of the molecule is Cc1ncnc(N2CC3CN(Cc4cncn(C)c4=O)CC3C2)c1C. The fourth-order valence-corrected chi connectivity index (χ4v) is 4.14. The molecule has 0 amide bonds. The smallest absolute Gasteiger partial charge is 0.257 e. The van der Waals surface area contributed by atoms with Crippen LogP contribution in [-0.2, 0) is 13.6 Å². The van der Waals surface area contributed by atoms with Crippen molar-refractivity contribution in [3.63, 3.8) is 0 Å². The second kappa shape index (κ2) is 6.22. The highest BCUT2D eigenvalue weighted by atomic mass is 16.1. The Kier molecular flexibility index (Phi) is 4.03. The topological polar surface area (TPSA) is 67.2 Å². The minimum Gasteiger partial charge on any atom is -0.356 e. The number of anilines is 1. The summed E-state index contributed by atoms with van der Waals surface area (Å²) in [4.78, 5) is 29.9. The molecule has 132 valence electrons. The molecule has 2 aromatic heterocycles. The van der Waals surface area contributed by atoms with Crippen LogP contribution in [-0.4, -0.2) is 50.6 Å². The molecule has 2 fully saturated rings. The van der Waals surface area contributed by atoms with Crippen LogP contribution in [0.5, 0.6) is 0 Å². The van der Waals surface area contributed by atoms with E-state index in [4.69, 9.17) is 0 Å². The highest BCUT2D eigenvalue weighted by molar-refractivity contribution is 5.48. The minimum absolute atomic E-state index is 0.0563. The van der Waals surface area contributed by atoms with E-state index in [9.17, 15) is 4.79 Å². The molecule has 4 rings (SSSR count). The molecular formula is C18H24N6O. The Balaban J connectivity index is 1.43. The Morgan fingerprint density at radius 3 is 2.56 bits per heavy atom. The Labute approximate surface area is 147 Å². The third kappa shape index (κ3) is 2.93. The molecule has 0 aromatic carbocycles. The van der Waals surface area contributed by atoms with Gasteiger partial charge in [0.15, 0.2) is 0 Å². The predicted molar refractivity (Wildman–Crippen MR) is 95.5 cm³/mol. The summed E-state index contributed by atoms with van der Waals surface area (Å²) in [5, 5.41) is 0. The fraction of sp³-hybridized carbons (Fsp3) is 0.556. The fourth-order valence-electron chi connectivity index (χ4n) is 4.14. The van der Waals surface area contributed by atoms with Gasteiger partial charge in [0.05, 0.1) is 6.33 Å². The van der Waals surface area contributed by atoms with E-state index in [1.807, 2.05) is 6.92 Å². The lowest BCUT2D eigenvalue weighted by molar-refractivity contribution is 0.306. The van der Waals surface area contributed by atoms with E-state index in [1.165, 1.54) is 5.56 Å². The predicted octanol–water partition coefficient (Wildman–Crippen LogP) is 0.755. The molecule has 2 aromatic rings. The number of fused-ring (bicyclic) bond motifs is 1. The van der Waals surface area contributed by atoms with Crippen molar-refractivity contribution in [1.82, 2.24) is 24.4 Å². The van der Waals surface area contributed by atoms with Crippen LogP contribution < -0.4 is 10.5 Å². The van der Waals surface area contributed by atoms with E-state index in [-0.39, 0.29) is 5.56 Å². The van der Waals surface area contributed by atoms with Gasteiger partial charge in [0.25, 0.3) is 5.56 Å². The maximum atomic E-state index is 12.2. The summed E-state index contributed by atoms with van der Waals surface area (Å²) in [6.45, 7) is 8.95. The molecule has 7 heteroatoms. The van der Waals surface area contributed by atoms with E-state index in [2.05, 4.69) is 31.7 Å². The first-order valence-electron chi connectivity index (χ1n) is 8.78. The van der Waals surface area contributed by atoms with E-state index >= 15 is 0 Å². The molecule has 0 aliphatic carbocycles. The summed E-state index contributed by atoms with van der Waals surface area (Å²) >= 11 is 0. The highest BCUT2D eigenvalue weighted by Gasteiger charge is 2.40. The molecule has 7 nitrogen and oxygen atoms in total. The van der Waals surface area contributed by atoms with Gasteiger partial charge in [-0.05, 0) is 25.7 Å². The van der Waals surface area contributed by atoms with Crippen molar-refractivity contribution >= 4 is 5.82 Å². The number of aromatic nitrogens is 4. The van der Waals surface area contributed by atoms with Gasteiger partial charge < -0.3 is 9.47 Å². The van der Waals surface area contributed by atoms with Crippen LogP contribution in [0.2, 0.25) is 0 Å². The highest BCUT2D eigenvalue weighted by Crippen LogP contribution is 2.34. The lowest BCUT2D eigenvalue weighted by Crippen LogP contribution is -2.32. The zero-order chi connectivity index (χ0) is 17.6. The average Bonchev–Trinajstić information content (AvgIpc) is 3.13. The molecule has 2 atom stereocenters. The molecule has 2 unspecified atom stereocenters. The number of nitrogens with zero attached hydrogens (tertiary/aromatic N) is 6. The Hall–Kier alpha value is -2.28. The van der Waals surface area contributed by atoms with E-state index in [1.54, 1.807) is 30.5 Å². The van der Waals surface area contributed by atoms with Gasteiger partial charge in [-0.25, -0.2) is 15.0 Å². The van der Waals surface area contributed by atoms with Crippen LogP contribution in [0.3, 0.4) is 0 Å². The molecular weight excluding hydrogens is 316 g/mol. The van der Waals surface area contributed by atoms with Gasteiger partial charge in [0, 0.05) is 62.8 Å². The summed E-state index contributed by atoms with van der Waals surface area (Å²) in [5.74, 6) is 2.35. The van der Waals surface area contributed by atoms with Crippen LogP contribution in [0.4, 0.5) is 5.82 Å². The van der Waals surface area contributed by atoms with E-state index < -0.39 is 0 Å². The van der Waals surface area contributed by atoms with Crippen molar-refractivity contribution in [1.29, 1.82) is 0 Å². The number of likely N-dealkylation sites (tertiary alicyclic amines) is 1. The van der Waals surface area contributed by atoms with Gasteiger partial charge >= 0.3 is 0 Å². The van der Waals surface area contributed by atoms with Gasteiger partial charge in [-0.15, -0.1) is 0 Å². The van der Waals surface area contributed by atoms with Gasteiger partial charge in [0.2, 0.25) is 0 Å². The van der Waals surface area contributed by atoms with Crippen molar-refractivity contribution in [3.05, 3.63) is 46.0 Å². The molecule has 0 radical (unpaired) electrons. The molecule has 0 saturated carbocycles. The van der Waals surface area contributed by atoms with Crippen molar-refractivity contribution in [2.75, 3.05) is 31.1 Å². The zero-order valence-corrected chi connectivity index (χ0v) is 15.0. The molecule has 25 heavy (non-hydrogen) atoms. The molecule has 4 heterocycles.